The van der Waals surface area contributed by atoms with E-state index in [1.54, 1.807) is 0 Å². The highest BCUT2D eigenvalue weighted by Crippen LogP contribution is 2.52. The van der Waals surface area contributed by atoms with Crippen LogP contribution in [0.15, 0.2) is 30.4 Å². The molecule has 1 aliphatic heterocycles. The molecule has 2 fully saturated rings. The van der Waals surface area contributed by atoms with Gasteiger partial charge in [0.05, 0.1) is 18.3 Å². The van der Waals surface area contributed by atoms with E-state index in [1.165, 1.54) is 32.1 Å². The number of aliphatic hydroxyl groups is 2. The highest BCUT2D eigenvalue weighted by Gasteiger charge is 2.48. The van der Waals surface area contributed by atoms with Crippen molar-refractivity contribution in [1.82, 2.24) is 0 Å². The Hall–Kier alpha value is -1.83. The van der Waals surface area contributed by atoms with Crippen molar-refractivity contribution in [2.45, 2.75) is 82.0 Å². The normalized spacial score (nSPS) is 30.6. The van der Waals surface area contributed by atoms with Gasteiger partial charge in [-0.15, -0.1) is 0 Å². The summed E-state index contributed by atoms with van der Waals surface area (Å²) in [6, 6.07) is 8.36. The third-order valence-electron chi connectivity index (χ3n) is 6.85. The standard InChI is InChI=1S/C24H31NO3/c25-13-5-9-17-8-4-10-20-23-19(21(27)15-22(23)28-24(17)20)12-11-18(26)14-16-6-2-1-3-7-16/h4,8,10-12,16,18-19,21-23,26-27H,1-3,5-7,9,14-15H2/t18-,19+,21-,22+,23+/m1/s1. The number of aryl methyl sites for hydroxylation is 1. The first-order valence-electron chi connectivity index (χ1n) is 10.9. The largest absolute Gasteiger partial charge is 0.489 e. The summed E-state index contributed by atoms with van der Waals surface area (Å²) in [6.07, 6.45) is 12.0. The molecule has 0 radical (unpaired) electrons. The lowest BCUT2D eigenvalue weighted by atomic mass is 9.84. The van der Waals surface area contributed by atoms with Crippen molar-refractivity contribution in [3.05, 3.63) is 41.5 Å². The molecule has 5 atom stereocenters. The SMILES string of the molecule is N#CCCc1cccc2c1O[C@H]1C[C@@H](O)[C@H](C=C[C@@H](O)CC3CCCCC3)[C@@H]21. The zero-order valence-corrected chi connectivity index (χ0v) is 16.5. The van der Waals surface area contributed by atoms with Gasteiger partial charge in [-0.25, -0.2) is 0 Å². The average Bonchev–Trinajstić information content (AvgIpc) is 3.20. The Balaban J connectivity index is 1.47. The van der Waals surface area contributed by atoms with Gasteiger partial charge in [-0.1, -0.05) is 62.5 Å². The molecular formula is C24H31NO3. The molecule has 2 saturated carbocycles. The number of benzene rings is 1. The van der Waals surface area contributed by atoms with Crippen LogP contribution in [0.2, 0.25) is 0 Å². The van der Waals surface area contributed by atoms with Crippen molar-refractivity contribution in [1.29, 1.82) is 5.26 Å². The molecule has 3 aliphatic rings. The number of para-hydroxylation sites is 1. The molecule has 2 aliphatic carbocycles. The lowest BCUT2D eigenvalue weighted by Gasteiger charge is -2.23. The first kappa shape index (κ1) is 19.5. The first-order chi connectivity index (χ1) is 13.7. The summed E-state index contributed by atoms with van der Waals surface area (Å²) in [5.41, 5.74) is 2.23. The fourth-order valence-corrected chi connectivity index (χ4v) is 5.46. The minimum atomic E-state index is -0.441. The molecule has 0 amide bonds. The molecular weight excluding hydrogens is 350 g/mol. The number of aliphatic hydroxyl groups excluding tert-OH is 2. The van der Waals surface area contributed by atoms with Crippen LogP contribution in [0.3, 0.4) is 0 Å². The van der Waals surface area contributed by atoms with E-state index in [9.17, 15) is 10.2 Å². The number of fused-ring (bicyclic) bond motifs is 3. The molecule has 150 valence electrons. The van der Waals surface area contributed by atoms with Crippen LogP contribution in [-0.4, -0.2) is 28.5 Å². The summed E-state index contributed by atoms with van der Waals surface area (Å²) in [7, 11) is 0. The number of hydrogen-bond donors (Lipinski definition) is 2. The fourth-order valence-electron chi connectivity index (χ4n) is 5.46. The number of hydrogen-bond acceptors (Lipinski definition) is 4. The fraction of sp³-hybridized carbons (Fsp3) is 0.625. The molecule has 0 bridgehead atoms. The van der Waals surface area contributed by atoms with E-state index >= 15 is 0 Å². The Kier molecular flexibility index (Phi) is 6.04. The lowest BCUT2D eigenvalue weighted by molar-refractivity contribution is 0.134. The Morgan fingerprint density at radius 3 is 2.86 bits per heavy atom. The smallest absolute Gasteiger partial charge is 0.126 e. The zero-order chi connectivity index (χ0) is 19.5. The van der Waals surface area contributed by atoms with Gasteiger partial charge < -0.3 is 14.9 Å². The molecule has 1 heterocycles. The summed E-state index contributed by atoms with van der Waals surface area (Å²) < 4.78 is 6.22. The van der Waals surface area contributed by atoms with Crippen LogP contribution < -0.4 is 4.74 Å². The predicted octanol–water partition coefficient (Wildman–Crippen LogP) is 4.26. The number of nitriles is 1. The summed E-state index contributed by atoms with van der Waals surface area (Å²) in [6.45, 7) is 0. The molecule has 1 aromatic carbocycles. The van der Waals surface area contributed by atoms with Crippen LogP contribution in [-0.2, 0) is 6.42 Å². The van der Waals surface area contributed by atoms with Crippen molar-refractivity contribution < 1.29 is 14.9 Å². The second-order valence-corrected chi connectivity index (χ2v) is 8.75. The van der Waals surface area contributed by atoms with Gasteiger partial charge in [0.15, 0.2) is 0 Å². The van der Waals surface area contributed by atoms with E-state index in [0.717, 1.165) is 23.3 Å². The maximum Gasteiger partial charge on any atom is 0.126 e. The van der Waals surface area contributed by atoms with E-state index in [4.69, 9.17) is 10.00 Å². The van der Waals surface area contributed by atoms with Crippen LogP contribution in [0.4, 0.5) is 0 Å². The number of ether oxygens (including phenoxy) is 1. The van der Waals surface area contributed by atoms with Gasteiger partial charge in [0, 0.05) is 30.2 Å². The summed E-state index contributed by atoms with van der Waals surface area (Å²) in [5, 5.41) is 30.0. The van der Waals surface area contributed by atoms with Crippen LogP contribution in [0.5, 0.6) is 5.75 Å². The van der Waals surface area contributed by atoms with Gasteiger partial charge >= 0.3 is 0 Å². The van der Waals surface area contributed by atoms with Crippen molar-refractivity contribution >= 4 is 0 Å². The molecule has 0 saturated heterocycles. The topological polar surface area (TPSA) is 73.5 Å². The molecule has 0 spiro atoms. The molecule has 4 heteroatoms. The average molecular weight is 382 g/mol. The number of nitrogens with zero attached hydrogens (tertiary/aromatic N) is 1. The van der Waals surface area contributed by atoms with Gasteiger partial charge in [-0.2, -0.15) is 5.26 Å². The minimum Gasteiger partial charge on any atom is -0.489 e. The van der Waals surface area contributed by atoms with E-state index in [-0.39, 0.29) is 17.9 Å². The van der Waals surface area contributed by atoms with Gasteiger partial charge in [-0.3, -0.25) is 0 Å². The Morgan fingerprint density at radius 1 is 1.25 bits per heavy atom. The minimum absolute atomic E-state index is 0.0154. The van der Waals surface area contributed by atoms with Crippen molar-refractivity contribution in [3.63, 3.8) is 0 Å². The molecule has 0 aromatic heterocycles. The third kappa shape index (κ3) is 3.97. The van der Waals surface area contributed by atoms with Gasteiger partial charge in [0.2, 0.25) is 0 Å². The van der Waals surface area contributed by atoms with Crippen LogP contribution in [0.25, 0.3) is 0 Å². The molecule has 1 aromatic rings. The quantitative estimate of drug-likeness (QED) is 0.722. The summed E-state index contributed by atoms with van der Waals surface area (Å²) in [4.78, 5) is 0. The van der Waals surface area contributed by atoms with E-state index in [2.05, 4.69) is 12.1 Å². The summed E-state index contributed by atoms with van der Waals surface area (Å²) in [5.74, 6) is 1.65. The molecule has 2 N–H and O–H groups in total. The highest BCUT2D eigenvalue weighted by atomic mass is 16.5. The lowest BCUT2D eigenvalue weighted by Crippen LogP contribution is -2.18. The van der Waals surface area contributed by atoms with Gasteiger partial charge in [0.25, 0.3) is 0 Å². The maximum absolute atomic E-state index is 10.6. The van der Waals surface area contributed by atoms with E-state index in [0.29, 0.717) is 25.2 Å². The first-order valence-corrected chi connectivity index (χ1v) is 10.9. The molecule has 28 heavy (non-hydrogen) atoms. The Labute approximate surface area is 167 Å². The summed E-state index contributed by atoms with van der Waals surface area (Å²) >= 11 is 0. The maximum atomic E-state index is 10.6. The third-order valence-corrected chi connectivity index (χ3v) is 6.85. The van der Waals surface area contributed by atoms with Crippen molar-refractivity contribution in [2.24, 2.45) is 11.8 Å². The Bertz CT molecular complexity index is 747. The highest BCUT2D eigenvalue weighted by molar-refractivity contribution is 5.49. The zero-order valence-electron chi connectivity index (χ0n) is 16.5. The molecule has 4 nitrogen and oxygen atoms in total. The second kappa shape index (κ2) is 8.68. The molecule has 4 rings (SSSR count). The molecule has 0 unspecified atom stereocenters. The Morgan fingerprint density at radius 2 is 2.07 bits per heavy atom. The van der Waals surface area contributed by atoms with E-state index < -0.39 is 12.2 Å². The van der Waals surface area contributed by atoms with Crippen LogP contribution in [0, 0.1) is 23.2 Å². The van der Waals surface area contributed by atoms with E-state index in [1.807, 2.05) is 24.3 Å². The van der Waals surface area contributed by atoms with Crippen LogP contribution in [0.1, 0.15) is 68.4 Å². The van der Waals surface area contributed by atoms with Gasteiger partial charge in [0.1, 0.15) is 11.9 Å². The van der Waals surface area contributed by atoms with Gasteiger partial charge in [-0.05, 0) is 24.3 Å². The second-order valence-electron chi connectivity index (χ2n) is 8.75. The number of rotatable bonds is 6. The predicted molar refractivity (Wildman–Crippen MR) is 108 cm³/mol. The van der Waals surface area contributed by atoms with Crippen molar-refractivity contribution in [3.8, 4) is 11.8 Å². The van der Waals surface area contributed by atoms with Crippen LogP contribution >= 0.6 is 0 Å². The monoisotopic (exact) mass is 381 g/mol. The van der Waals surface area contributed by atoms with Crippen molar-refractivity contribution in [2.75, 3.05) is 0 Å².